The van der Waals surface area contributed by atoms with Crippen molar-refractivity contribution in [1.29, 1.82) is 5.26 Å². The Balaban J connectivity index is 3.93. The standard InChI is InChI=1S/C5H4N2O/c1-3-5(8)7(2)4-6/h1H,2H3. The molecule has 0 fully saturated rings. The maximum absolute atomic E-state index is 10.2. The number of terminal acetylenes is 1. The average Bonchev–Trinajstić information content (AvgIpc) is 1.84. The van der Waals surface area contributed by atoms with Crippen LogP contribution in [0.5, 0.6) is 0 Å². The van der Waals surface area contributed by atoms with E-state index in [2.05, 4.69) is 6.42 Å². The van der Waals surface area contributed by atoms with Gasteiger partial charge >= 0.3 is 5.91 Å². The van der Waals surface area contributed by atoms with Crippen LogP contribution in [0, 0.1) is 23.8 Å². The molecule has 3 nitrogen and oxygen atoms in total. The number of nitrogens with zero attached hydrogens (tertiary/aromatic N) is 2. The van der Waals surface area contributed by atoms with Gasteiger partial charge in [0, 0.05) is 7.05 Å². The molecular formula is C5H4N2O. The van der Waals surface area contributed by atoms with Crippen LogP contribution in [0.15, 0.2) is 0 Å². The van der Waals surface area contributed by atoms with Crippen molar-refractivity contribution in [3.05, 3.63) is 0 Å². The quantitative estimate of drug-likeness (QED) is 0.240. The monoisotopic (exact) mass is 108 g/mol. The smallest absolute Gasteiger partial charge is 0.258 e. The van der Waals surface area contributed by atoms with Gasteiger partial charge in [-0.1, -0.05) is 0 Å². The third kappa shape index (κ3) is 1.32. The van der Waals surface area contributed by atoms with E-state index in [0.717, 1.165) is 4.90 Å². The highest BCUT2D eigenvalue weighted by molar-refractivity contribution is 5.93. The molecule has 0 spiro atoms. The Hall–Kier alpha value is -1.48. The predicted octanol–water partition coefficient (Wildman–Crippen LogP) is -0.441. The molecule has 0 radical (unpaired) electrons. The summed E-state index contributed by atoms with van der Waals surface area (Å²) in [6.07, 6.45) is 6.21. The molecule has 0 aliphatic heterocycles. The molecule has 3 heteroatoms. The Labute approximate surface area is 47.5 Å². The van der Waals surface area contributed by atoms with Gasteiger partial charge in [0.2, 0.25) is 0 Å². The van der Waals surface area contributed by atoms with Crippen molar-refractivity contribution in [2.75, 3.05) is 7.05 Å². The fourth-order valence-corrected chi connectivity index (χ4v) is 0.142. The van der Waals surface area contributed by atoms with Crippen molar-refractivity contribution in [2.45, 2.75) is 0 Å². The molecule has 1 amide bonds. The largest absolute Gasteiger partial charge is 0.310 e. The minimum absolute atomic E-state index is 0.618. The second kappa shape index (κ2) is 2.65. The normalized spacial score (nSPS) is 6.38. The Morgan fingerprint density at radius 2 is 2.38 bits per heavy atom. The summed E-state index contributed by atoms with van der Waals surface area (Å²) < 4.78 is 0. The van der Waals surface area contributed by atoms with Gasteiger partial charge in [0.05, 0.1) is 0 Å². The van der Waals surface area contributed by atoms with Crippen LogP contribution in [0.2, 0.25) is 0 Å². The van der Waals surface area contributed by atoms with Gasteiger partial charge in [0.25, 0.3) is 0 Å². The molecule has 0 aromatic carbocycles. The summed E-state index contributed by atoms with van der Waals surface area (Å²) in [4.78, 5) is 11.0. The lowest BCUT2D eigenvalue weighted by molar-refractivity contribution is -0.121. The third-order valence-electron chi connectivity index (χ3n) is 0.578. The zero-order valence-corrected chi connectivity index (χ0v) is 4.38. The van der Waals surface area contributed by atoms with Crippen LogP contribution in [0.25, 0.3) is 0 Å². The number of amides is 1. The Morgan fingerprint density at radius 3 is 2.50 bits per heavy atom. The van der Waals surface area contributed by atoms with Crippen molar-refractivity contribution in [2.24, 2.45) is 0 Å². The molecule has 40 valence electrons. The van der Waals surface area contributed by atoms with E-state index in [0.29, 0.717) is 0 Å². The Kier molecular flexibility index (Phi) is 2.16. The van der Waals surface area contributed by atoms with Crippen molar-refractivity contribution in [3.8, 4) is 18.5 Å². The van der Waals surface area contributed by atoms with E-state index in [1.165, 1.54) is 7.05 Å². The van der Waals surface area contributed by atoms with E-state index < -0.39 is 5.91 Å². The average molecular weight is 108 g/mol. The highest BCUT2D eigenvalue weighted by atomic mass is 16.2. The first-order valence-electron chi connectivity index (χ1n) is 1.86. The van der Waals surface area contributed by atoms with Crippen LogP contribution in [-0.4, -0.2) is 17.9 Å². The maximum atomic E-state index is 10.2. The molecule has 0 N–H and O–H groups in total. The van der Waals surface area contributed by atoms with E-state index in [1.807, 2.05) is 0 Å². The van der Waals surface area contributed by atoms with Gasteiger partial charge in [-0.05, 0) is 5.92 Å². The molecule has 0 heterocycles. The third-order valence-corrected chi connectivity index (χ3v) is 0.578. The highest BCUT2D eigenvalue weighted by Gasteiger charge is 1.99. The molecule has 8 heavy (non-hydrogen) atoms. The number of nitriles is 1. The minimum atomic E-state index is -0.618. The number of hydrogen-bond acceptors (Lipinski definition) is 2. The van der Waals surface area contributed by atoms with E-state index >= 15 is 0 Å². The van der Waals surface area contributed by atoms with E-state index in [-0.39, 0.29) is 0 Å². The summed E-state index contributed by atoms with van der Waals surface area (Å²) >= 11 is 0. The van der Waals surface area contributed by atoms with Crippen molar-refractivity contribution in [1.82, 2.24) is 4.90 Å². The second-order valence-electron chi connectivity index (χ2n) is 1.11. The molecule has 0 atom stereocenters. The fraction of sp³-hybridized carbons (Fsp3) is 0.200. The van der Waals surface area contributed by atoms with Crippen LogP contribution in [0.3, 0.4) is 0 Å². The van der Waals surface area contributed by atoms with Gasteiger partial charge < -0.3 is 0 Å². The first-order chi connectivity index (χ1) is 3.72. The van der Waals surface area contributed by atoms with E-state index in [9.17, 15) is 4.79 Å². The lowest BCUT2D eigenvalue weighted by Gasteiger charge is -1.96. The second-order valence-corrected chi connectivity index (χ2v) is 1.11. The summed E-state index contributed by atoms with van der Waals surface area (Å²) in [6, 6.07) is 0. The van der Waals surface area contributed by atoms with Crippen LogP contribution in [0.1, 0.15) is 0 Å². The van der Waals surface area contributed by atoms with Gasteiger partial charge in [-0.25, -0.2) is 4.90 Å². The molecule has 0 aromatic heterocycles. The minimum Gasteiger partial charge on any atom is -0.258 e. The fourth-order valence-electron chi connectivity index (χ4n) is 0.142. The molecule has 0 bridgehead atoms. The lowest BCUT2D eigenvalue weighted by atomic mass is 10.6. The topological polar surface area (TPSA) is 44.1 Å². The Morgan fingerprint density at radius 1 is 1.88 bits per heavy atom. The number of rotatable bonds is 0. The Bertz CT molecular complexity index is 172. The summed E-state index contributed by atoms with van der Waals surface area (Å²) in [5.41, 5.74) is 0. The molecule has 0 aliphatic carbocycles. The molecule has 0 aromatic rings. The van der Waals surface area contributed by atoms with Gasteiger partial charge in [0.15, 0.2) is 6.19 Å². The number of hydrogen-bond donors (Lipinski definition) is 0. The molecule has 0 saturated carbocycles. The summed E-state index contributed by atoms with van der Waals surface area (Å²) in [7, 11) is 1.31. The number of carbonyl (C=O) groups excluding carboxylic acids is 1. The molecule has 0 unspecified atom stereocenters. The SMILES string of the molecule is C#CC(=O)N(C)C#N. The van der Waals surface area contributed by atoms with Crippen molar-refractivity contribution >= 4 is 5.91 Å². The summed E-state index contributed by atoms with van der Waals surface area (Å²) in [6.45, 7) is 0. The number of carbonyl (C=O) groups is 1. The first-order valence-corrected chi connectivity index (χ1v) is 1.86. The van der Waals surface area contributed by atoms with Gasteiger partial charge in [-0.15, -0.1) is 6.42 Å². The molecule has 0 saturated heterocycles. The zero-order chi connectivity index (χ0) is 6.57. The van der Waals surface area contributed by atoms with Crippen molar-refractivity contribution in [3.63, 3.8) is 0 Å². The molecule has 0 aliphatic rings. The lowest BCUT2D eigenvalue weighted by Crippen LogP contribution is -2.18. The van der Waals surface area contributed by atoms with Gasteiger partial charge in [0.1, 0.15) is 0 Å². The predicted molar refractivity (Wildman–Crippen MR) is 27.2 cm³/mol. The molecular weight excluding hydrogens is 104 g/mol. The van der Waals surface area contributed by atoms with Crippen LogP contribution in [-0.2, 0) is 4.79 Å². The van der Waals surface area contributed by atoms with E-state index in [1.54, 1.807) is 12.1 Å². The van der Waals surface area contributed by atoms with Crippen molar-refractivity contribution < 1.29 is 4.79 Å². The maximum Gasteiger partial charge on any atom is 0.310 e. The van der Waals surface area contributed by atoms with Crippen LogP contribution < -0.4 is 0 Å². The summed E-state index contributed by atoms with van der Waals surface area (Å²) in [5.74, 6) is 1.16. The highest BCUT2D eigenvalue weighted by Crippen LogP contribution is 1.75. The van der Waals surface area contributed by atoms with Crippen LogP contribution >= 0.6 is 0 Å². The van der Waals surface area contributed by atoms with Gasteiger partial charge in [-0.2, -0.15) is 5.26 Å². The zero-order valence-electron chi connectivity index (χ0n) is 4.38. The first kappa shape index (κ1) is 6.52. The van der Waals surface area contributed by atoms with E-state index in [4.69, 9.17) is 5.26 Å². The van der Waals surface area contributed by atoms with Crippen LogP contribution in [0.4, 0.5) is 0 Å². The van der Waals surface area contributed by atoms with Gasteiger partial charge in [-0.3, -0.25) is 4.79 Å². The summed E-state index contributed by atoms with van der Waals surface area (Å²) in [5, 5.41) is 8.00. The molecule has 0 rings (SSSR count).